The van der Waals surface area contributed by atoms with Gasteiger partial charge in [-0.15, -0.1) is 0 Å². The van der Waals surface area contributed by atoms with Gasteiger partial charge in [0.05, 0.1) is 19.8 Å². The summed E-state index contributed by atoms with van der Waals surface area (Å²) in [6.07, 6.45) is 3.50. The van der Waals surface area contributed by atoms with Crippen LogP contribution in [-0.2, 0) is 21.5 Å². The fourth-order valence-electron chi connectivity index (χ4n) is 5.11. The Morgan fingerprint density at radius 1 is 1.17 bits per heavy atom. The highest BCUT2D eigenvalue weighted by Crippen LogP contribution is 2.65. The Bertz CT molecular complexity index is 745. The van der Waals surface area contributed by atoms with Crippen LogP contribution in [0.1, 0.15) is 36.8 Å². The van der Waals surface area contributed by atoms with Crippen LogP contribution < -0.4 is 9.47 Å². The zero-order valence-electron chi connectivity index (χ0n) is 13.9. The van der Waals surface area contributed by atoms with E-state index in [1.807, 2.05) is 12.1 Å². The molecule has 24 heavy (non-hydrogen) atoms. The van der Waals surface area contributed by atoms with Crippen molar-refractivity contribution >= 4 is 11.9 Å². The van der Waals surface area contributed by atoms with Crippen molar-refractivity contribution in [2.75, 3.05) is 20.8 Å². The molecule has 2 heterocycles. The molecular formula is C18H21NO5. The number of carboxylic acid groups (broad SMARTS) is 1. The Labute approximate surface area is 140 Å². The van der Waals surface area contributed by atoms with Crippen LogP contribution in [0.3, 0.4) is 0 Å². The van der Waals surface area contributed by atoms with E-state index in [0.29, 0.717) is 37.3 Å². The van der Waals surface area contributed by atoms with Crippen LogP contribution in [0.5, 0.6) is 11.5 Å². The molecule has 1 spiro atoms. The number of carbonyl (C=O) groups is 2. The van der Waals surface area contributed by atoms with E-state index in [0.717, 1.165) is 24.0 Å². The number of β-lactam (4-membered cyclic amide) rings is 1. The highest BCUT2D eigenvalue weighted by atomic mass is 16.5. The number of hydrogen-bond donors (Lipinski definition) is 1. The standard InChI is InChI=1S/C18H21NO5/c1-23-13-9-11-5-8-19-15(20)17(16(21)22)6-3-4-7-18(17,19)12(11)10-14(13)24-2/h9-10H,3-8H2,1-2H3,(H,21,22)/t17-,18+/m0/s1. The van der Waals surface area contributed by atoms with Gasteiger partial charge in [0, 0.05) is 6.54 Å². The number of fused-ring (bicyclic) bond motifs is 1. The van der Waals surface area contributed by atoms with E-state index in [1.165, 1.54) is 0 Å². The second kappa shape index (κ2) is 4.88. The van der Waals surface area contributed by atoms with Gasteiger partial charge in [-0.1, -0.05) is 12.8 Å². The number of nitrogens with zero attached hydrogens (tertiary/aromatic N) is 1. The average molecular weight is 331 g/mol. The molecule has 4 rings (SSSR count). The molecule has 1 saturated heterocycles. The van der Waals surface area contributed by atoms with E-state index in [1.54, 1.807) is 19.1 Å². The molecule has 1 saturated carbocycles. The zero-order chi connectivity index (χ0) is 17.1. The van der Waals surface area contributed by atoms with Crippen LogP contribution in [-0.4, -0.2) is 42.6 Å². The summed E-state index contributed by atoms with van der Waals surface area (Å²) in [6, 6.07) is 3.82. The van der Waals surface area contributed by atoms with Gasteiger partial charge in [-0.05, 0) is 42.5 Å². The van der Waals surface area contributed by atoms with Crippen LogP contribution in [0.4, 0.5) is 0 Å². The third kappa shape index (κ3) is 1.47. The lowest BCUT2D eigenvalue weighted by molar-refractivity contribution is -0.218. The third-order valence-corrected chi connectivity index (χ3v) is 6.14. The maximum Gasteiger partial charge on any atom is 0.322 e. The number of carbonyl (C=O) groups excluding carboxylic acids is 1. The maximum absolute atomic E-state index is 12.8. The fraction of sp³-hybridized carbons (Fsp3) is 0.556. The molecule has 0 unspecified atom stereocenters. The molecule has 1 aliphatic carbocycles. The monoisotopic (exact) mass is 331 g/mol. The summed E-state index contributed by atoms with van der Waals surface area (Å²) in [6.45, 7) is 0.566. The Morgan fingerprint density at radius 3 is 2.50 bits per heavy atom. The first-order chi connectivity index (χ1) is 11.5. The van der Waals surface area contributed by atoms with Crippen molar-refractivity contribution in [2.24, 2.45) is 5.41 Å². The number of rotatable bonds is 3. The van der Waals surface area contributed by atoms with Gasteiger partial charge in [-0.2, -0.15) is 0 Å². The molecule has 0 radical (unpaired) electrons. The molecule has 2 atom stereocenters. The minimum atomic E-state index is -1.32. The Kier molecular flexibility index (Phi) is 3.11. The van der Waals surface area contributed by atoms with E-state index >= 15 is 0 Å². The van der Waals surface area contributed by atoms with Crippen molar-refractivity contribution in [3.05, 3.63) is 23.3 Å². The highest BCUT2D eigenvalue weighted by molar-refractivity contribution is 6.10. The molecule has 6 nitrogen and oxygen atoms in total. The largest absolute Gasteiger partial charge is 0.493 e. The normalized spacial score (nSPS) is 30.6. The quantitative estimate of drug-likeness (QED) is 0.677. The molecule has 1 aromatic carbocycles. The highest BCUT2D eigenvalue weighted by Gasteiger charge is 2.77. The summed E-state index contributed by atoms with van der Waals surface area (Å²) in [5.41, 5.74) is -0.0709. The van der Waals surface area contributed by atoms with Crippen LogP contribution in [0.25, 0.3) is 0 Å². The van der Waals surface area contributed by atoms with Crippen LogP contribution in [0, 0.1) is 5.41 Å². The summed E-state index contributed by atoms with van der Waals surface area (Å²) in [5.74, 6) is 0.00129. The van der Waals surface area contributed by atoms with Crippen molar-refractivity contribution in [2.45, 2.75) is 37.6 Å². The first kappa shape index (κ1) is 15.3. The molecule has 0 bridgehead atoms. The second-order valence-corrected chi connectivity index (χ2v) is 6.85. The van der Waals surface area contributed by atoms with Gasteiger partial charge in [-0.25, -0.2) is 0 Å². The van der Waals surface area contributed by atoms with E-state index in [4.69, 9.17) is 9.47 Å². The SMILES string of the molecule is COc1cc2c(cc1OC)[C@]13CCCC[C@@]1(C(=O)O)C(=O)N3CC2. The number of hydrogen-bond acceptors (Lipinski definition) is 4. The molecule has 2 aliphatic heterocycles. The topological polar surface area (TPSA) is 76.1 Å². The molecule has 1 N–H and O–H groups in total. The lowest BCUT2D eigenvalue weighted by Crippen LogP contribution is -2.80. The Balaban J connectivity index is 1.97. The molecule has 1 amide bonds. The molecule has 1 aromatic rings. The minimum absolute atomic E-state index is 0.227. The second-order valence-electron chi connectivity index (χ2n) is 6.85. The van der Waals surface area contributed by atoms with E-state index < -0.39 is 16.9 Å². The Hall–Kier alpha value is -2.24. The van der Waals surface area contributed by atoms with Crippen molar-refractivity contribution < 1.29 is 24.2 Å². The zero-order valence-corrected chi connectivity index (χ0v) is 13.9. The van der Waals surface area contributed by atoms with Crippen molar-refractivity contribution in [1.29, 1.82) is 0 Å². The molecular weight excluding hydrogens is 310 g/mol. The Morgan fingerprint density at radius 2 is 1.83 bits per heavy atom. The maximum atomic E-state index is 12.8. The number of methoxy groups -OCH3 is 2. The number of benzene rings is 1. The number of aliphatic carboxylic acids is 1. The van der Waals surface area contributed by atoms with Gasteiger partial charge in [0.25, 0.3) is 0 Å². The van der Waals surface area contributed by atoms with Crippen molar-refractivity contribution in [3.8, 4) is 11.5 Å². The van der Waals surface area contributed by atoms with Gasteiger partial charge >= 0.3 is 5.97 Å². The molecule has 6 heteroatoms. The number of ether oxygens (including phenoxy) is 2. The third-order valence-electron chi connectivity index (χ3n) is 6.14. The summed E-state index contributed by atoms with van der Waals surface area (Å²) in [4.78, 5) is 26.7. The first-order valence-corrected chi connectivity index (χ1v) is 8.34. The smallest absolute Gasteiger partial charge is 0.322 e. The average Bonchev–Trinajstić information content (AvgIpc) is 2.59. The molecule has 2 fully saturated rings. The fourth-order valence-corrected chi connectivity index (χ4v) is 5.11. The van der Waals surface area contributed by atoms with Crippen molar-refractivity contribution in [3.63, 3.8) is 0 Å². The predicted molar refractivity (Wildman–Crippen MR) is 85.2 cm³/mol. The molecule has 3 aliphatic rings. The number of amides is 1. The molecule has 128 valence electrons. The minimum Gasteiger partial charge on any atom is -0.493 e. The lowest BCUT2D eigenvalue weighted by atomic mass is 9.49. The first-order valence-electron chi connectivity index (χ1n) is 8.34. The number of carboxylic acids is 1. The summed E-state index contributed by atoms with van der Waals surface area (Å²) >= 11 is 0. The van der Waals surface area contributed by atoms with Crippen LogP contribution in [0.2, 0.25) is 0 Å². The summed E-state index contributed by atoms with van der Waals surface area (Å²) < 4.78 is 10.8. The van der Waals surface area contributed by atoms with Gasteiger partial charge in [-0.3, -0.25) is 9.59 Å². The van der Waals surface area contributed by atoms with Crippen LogP contribution in [0.15, 0.2) is 12.1 Å². The van der Waals surface area contributed by atoms with E-state index in [9.17, 15) is 14.7 Å². The molecule has 0 aromatic heterocycles. The summed E-state index contributed by atoms with van der Waals surface area (Å²) in [5, 5.41) is 9.97. The van der Waals surface area contributed by atoms with Gasteiger partial charge < -0.3 is 19.5 Å². The van der Waals surface area contributed by atoms with Crippen molar-refractivity contribution in [1.82, 2.24) is 4.90 Å². The summed E-state index contributed by atoms with van der Waals surface area (Å²) in [7, 11) is 3.16. The van der Waals surface area contributed by atoms with Gasteiger partial charge in [0.1, 0.15) is 0 Å². The van der Waals surface area contributed by atoms with Gasteiger partial charge in [0.2, 0.25) is 5.91 Å². The van der Waals surface area contributed by atoms with E-state index in [-0.39, 0.29) is 5.91 Å². The predicted octanol–water partition coefficient (Wildman–Crippen LogP) is 1.94. The van der Waals surface area contributed by atoms with Gasteiger partial charge in [0.15, 0.2) is 16.9 Å². The van der Waals surface area contributed by atoms with E-state index in [2.05, 4.69) is 0 Å². The van der Waals surface area contributed by atoms with Crippen LogP contribution >= 0.6 is 0 Å². The lowest BCUT2D eigenvalue weighted by Gasteiger charge is -2.67.